The van der Waals surface area contributed by atoms with Crippen LogP contribution in [-0.2, 0) is 14.3 Å². The number of nitrogens with zero attached hydrogens (tertiary/aromatic N) is 1. The molecule has 0 unspecified atom stereocenters. The van der Waals surface area contributed by atoms with Crippen LogP contribution in [0.5, 0.6) is 11.5 Å². The highest BCUT2D eigenvalue weighted by Crippen LogP contribution is 2.28. The standard InChI is InChI=1S/C20H20N2O7/c1-12-8-15(16(22(26)27)9-13(12)2)21-19(24)11-29-20(25)7-5-14-4-6-17(23)18(10-14)28-3/h4-10,23H,11H2,1-3H3,(H,21,24)/b7-5+. The molecule has 0 radical (unpaired) electrons. The van der Waals surface area contributed by atoms with Crippen LogP contribution in [0.3, 0.4) is 0 Å². The molecule has 1 amide bonds. The average Bonchev–Trinajstić information content (AvgIpc) is 2.68. The molecular weight excluding hydrogens is 380 g/mol. The number of ether oxygens (including phenoxy) is 2. The minimum atomic E-state index is -0.776. The van der Waals surface area contributed by atoms with Gasteiger partial charge >= 0.3 is 5.97 Å². The highest BCUT2D eigenvalue weighted by atomic mass is 16.6. The van der Waals surface area contributed by atoms with Gasteiger partial charge in [-0.25, -0.2) is 4.79 Å². The molecule has 0 bridgehead atoms. The first-order valence-corrected chi connectivity index (χ1v) is 8.48. The molecule has 0 fully saturated rings. The number of anilines is 1. The third-order valence-corrected chi connectivity index (χ3v) is 4.04. The van der Waals surface area contributed by atoms with Crippen LogP contribution in [0.1, 0.15) is 16.7 Å². The molecule has 0 heterocycles. The van der Waals surface area contributed by atoms with Crippen molar-refractivity contribution in [1.29, 1.82) is 0 Å². The fourth-order valence-corrected chi connectivity index (χ4v) is 2.39. The summed E-state index contributed by atoms with van der Waals surface area (Å²) in [7, 11) is 1.40. The number of nitro benzene ring substituents is 1. The van der Waals surface area contributed by atoms with E-state index in [-0.39, 0.29) is 22.9 Å². The molecule has 9 heteroatoms. The lowest BCUT2D eigenvalue weighted by atomic mass is 10.1. The number of phenolic OH excluding ortho intramolecular Hbond substituents is 1. The molecule has 0 saturated carbocycles. The molecule has 2 rings (SSSR count). The first kappa shape index (κ1) is 21.4. The molecular formula is C20H20N2O7. The fraction of sp³-hybridized carbons (Fsp3) is 0.200. The van der Waals surface area contributed by atoms with Gasteiger partial charge in [0.25, 0.3) is 11.6 Å². The van der Waals surface area contributed by atoms with Gasteiger partial charge in [0.1, 0.15) is 5.69 Å². The van der Waals surface area contributed by atoms with Crippen LogP contribution in [0.15, 0.2) is 36.4 Å². The number of nitrogens with one attached hydrogen (secondary N) is 1. The largest absolute Gasteiger partial charge is 0.504 e. The van der Waals surface area contributed by atoms with Crippen molar-refractivity contribution in [2.45, 2.75) is 13.8 Å². The maximum Gasteiger partial charge on any atom is 0.331 e. The van der Waals surface area contributed by atoms with Gasteiger partial charge < -0.3 is 19.9 Å². The van der Waals surface area contributed by atoms with Crippen molar-refractivity contribution in [2.75, 3.05) is 19.0 Å². The molecule has 0 spiro atoms. The molecule has 0 saturated heterocycles. The SMILES string of the molecule is COc1cc(/C=C/C(=O)OCC(=O)Nc2cc(C)c(C)cc2[N+](=O)[O-])ccc1O. The Labute approximate surface area is 166 Å². The van der Waals surface area contributed by atoms with Crippen molar-refractivity contribution in [3.05, 3.63) is 63.2 Å². The second-order valence-electron chi connectivity index (χ2n) is 6.13. The van der Waals surface area contributed by atoms with Crippen LogP contribution in [0.25, 0.3) is 6.08 Å². The molecule has 2 N–H and O–H groups in total. The summed E-state index contributed by atoms with van der Waals surface area (Å²) in [5, 5.41) is 23.1. The van der Waals surface area contributed by atoms with Gasteiger partial charge in [0.05, 0.1) is 12.0 Å². The lowest BCUT2D eigenvalue weighted by Gasteiger charge is -2.09. The number of carbonyl (C=O) groups is 2. The van der Waals surface area contributed by atoms with E-state index in [1.807, 2.05) is 0 Å². The van der Waals surface area contributed by atoms with E-state index >= 15 is 0 Å². The number of carbonyl (C=O) groups excluding carboxylic acids is 2. The van der Waals surface area contributed by atoms with E-state index in [9.17, 15) is 24.8 Å². The molecule has 29 heavy (non-hydrogen) atoms. The quantitative estimate of drug-likeness (QED) is 0.316. The van der Waals surface area contributed by atoms with Crippen LogP contribution < -0.4 is 10.1 Å². The number of rotatable bonds is 7. The topological polar surface area (TPSA) is 128 Å². The van der Waals surface area contributed by atoms with Gasteiger partial charge in [-0.1, -0.05) is 6.07 Å². The third-order valence-electron chi connectivity index (χ3n) is 4.04. The predicted octanol–water partition coefficient (Wildman–Crippen LogP) is 3.12. The molecule has 0 atom stereocenters. The summed E-state index contributed by atoms with van der Waals surface area (Å²) in [6, 6.07) is 7.35. The Balaban J connectivity index is 1.96. The van der Waals surface area contributed by atoms with Gasteiger partial charge in [0.2, 0.25) is 0 Å². The number of hydrogen-bond donors (Lipinski definition) is 2. The second-order valence-corrected chi connectivity index (χ2v) is 6.13. The smallest absolute Gasteiger partial charge is 0.331 e. The first-order chi connectivity index (χ1) is 13.7. The summed E-state index contributed by atoms with van der Waals surface area (Å²) in [6.45, 7) is 2.88. The Morgan fingerprint density at radius 1 is 1.21 bits per heavy atom. The number of nitro groups is 1. The van der Waals surface area contributed by atoms with E-state index in [1.165, 1.54) is 37.5 Å². The molecule has 0 aliphatic carbocycles. The monoisotopic (exact) mass is 400 g/mol. The van der Waals surface area contributed by atoms with E-state index in [1.54, 1.807) is 19.9 Å². The van der Waals surface area contributed by atoms with Crippen LogP contribution in [0.2, 0.25) is 0 Å². The lowest BCUT2D eigenvalue weighted by Crippen LogP contribution is -2.20. The maximum atomic E-state index is 12.0. The number of amides is 1. The zero-order valence-electron chi connectivity index (χ0n) is 16.1. The van der Waals surface area contributed by atoms with Gasteiger partial charge in [-0.15, -0.1) is 0 Å². The predicted molar refractivity (Wildman–Crippen MR) is 106 cm³/mol. The summed E-state index contributed by atoms with van der Waals surface area (Å²) in [4.78, 5) is 34.4. The van der Waals surface area contributed by atoms with Gasteiger partial charge in [0, 0.05) is 12.1 Å². The normalized spacial score (nSPS) is 10.6. The summed E-state index contributed by atoms with van der Waals surface area (Å²) in [6.07, 6.45) is 2.54. The van der Waals surface area contributed by atoms with Crippen molar-refractivity contribution >= 4 is 29.3 Å². The van der Waals surface area contributed by atoms with Gasteiger partial charge in [-0.3, -0.25) is 14.9 Å². The van der Waals surface area contributed by atoms with E-state index in [0.29, 0.717) is 5.56 Å². The summed E-state index contributed by atoms with van der Waals surface area (Å²) in [5.41, 5.74) is 1.86. The molecule has 0 aliphatic rings. The zero-order chi connectivity index (χ0) is 21.6. The second kappa shape index (κ2) is 9.36. The third kappa shape index (κ3) is 5.80. The van der Waals surface area contributed by atoms with Crippen LogP contribution in [-0.4, -0.2) is 35.6 Å². The Morgan fingerprint density at radius 3 is 2.55 bits per heavy atom. The van der Waals surface area contributed by atoms with E-state index in [2.05, 4.69) is 5.32 Å². The molecule has 9 nitrogen and oxygen atoms in total. The number of benzene rings is 2. The summed E-state index contributed by atoms with van der Waals surface area (Å²) in [5.74, 6) is -1.27. The van der Waals surface area contributed by atoms with Crippen molar-refractivity contribution < 1.29 is 29.1 Å². The highest BCUT2D eigenvalue weighted by Gasteiger charge is 2.18. The van der Waals surface area contributed by atoms with Crippen LogP contribution in [0.4, 0.5) is 11.4 Å². The fourth-order valence-electron chi connectivity index (χ4n) is 2.39. The Kier molecular flexibility index (Phi) is 6.91. The van der Waals surface area contributed by atoms with E-state index in [4.69, 9.17) is 9.47 Å². The highest BCUT2D eigenvalue weighted by molar-refractivity contribution is 5.96. The Bertz CT molecular complexity index is 983. The van der Waals surface area contributed by atoms with Crippen LogP contribution in [0, 0.1) is 24.0 Å². The lowest BCUT2D eigenvalue weighted by molar-refractivity contribution is -0.384. The number of aryl methyl sites for hydroxylation is 2. The molecule has 0 aromatic heterocycles. The first-order valence-electron chi connectivity index (χ1n) is 8.48. The number of methoxy groups -OCH3 is 1. The Morgan fingerprint density at radius 2 is 1.90 bits per heavy atom. The molecule has 0 aliphatic heterocycles. The van der Waals surface area contributed by atoms with Gasteiger partial charge in [-0.2, -0.15) is 0 Å². The van der Waals surface area contributed by atoms with Crippen molar-refractivity contribution in [1.82, 2.24) is 0 Å². The maximum absolute atomic E-state index is 12.0. The minimum absolute atomic E-state index is 0.0332. The van der Waals surface area contributed by atoms with E-state index < -0.39 is 23.4 Å². The van der Waals surface area contributed by atoms with Crippen molar-refractivity contribution in [2.24, 2.45) is 0 Å². The zero-order valence-corrected chi connectivity index (χ0v) is 16.1. The van der Waals surface area contributed by atoms with E-state index in [0.717, 1.165) is 17.2 Å². The number of esters is 1. The number of aromatic hydroxyl groups is 1. The summed E-state index contributed by atoms with van der Waals surface area (Å²) >= 11 is 0. The molecule has 152 valence electrons. The van der Waals surface area contributed by atoms with Crippen LogP contribution >= 0.6 is 0 Å². The molecule has 2 aromatic carbocycles. The Hall–Kier alpha value is -3.88. The van der Waals surface area contributed by atoms with Gasteiger partial charge in [-0.05, 0) is 54.8 Å². The molecule has 2 aromatic rings. The van der Waals surface area contributed by atoms with Crippen molar-refractivity contribution in [3.8, 4) is 11.5 Å². The minimum Gasteiger partial charge on any atom is -0.504 e. The average molecular weight is 400 g/mol. The number of hydrogen-bond acceptors (Lipinski definition) is 7. The number of phenols is 1. The summed E-state index contributed by atoms with van der Waals surface area (Å²) < 4.78 is 9.81. The van der Waals surface area contributed by atoms with Crippen molar-refractivity contribution in [3.63, 3.8) is 0 Å². The van der Waals surface area contributed by atoms with Gasteiger partial charge in [0.15, 0.2) is 18.1 Å².